The molecule has 0 atom stereocenters. The van der Waals surface area contributed by atoms with E-state index in [2.05, 4.69) is 20.4 Å². The van der Waals surface area contributed by atoms with E-state index in [0.29, 0.717) is 31.2 Å². The van der Waals surface area contributed by atoms with Crippen LogP contribution in [0.2, 0.25) is 0 Å². The molecule has 2 aromatic rings. The number of likely N-dealkylation sites (tertiary alicyclic amines) is 1. The molecule has 1 aromatic carbocycles. The third kappa shape index (κ3) is 4.37. The van der Waals surface area contributed by atoms with E-state index in [-0.39, 0.29) is 24.9 Å². The van der Waals surface area contributed by atoms with Gasteiger partial charge in [0.15, 0.2) is 5.82 Å². The fourth-order valence-corrected chi connectivity index (χ4v) is 3.77. The van der Waals surface area contributed by atoms with Crippen molar-refractivity contribution in [2.24, 2.45) is 0 Å². The highest BCUT2D eigenvalue weighted by Crippen LogP contribution is 2.22. The van der Waals surface area contributed by atoms with Crippen molar-refractivity contribution < 1.29 is 14.3 Å². The SMILES string of the molecule is COc1cccc(N2CCN(C(=O)Cn3nnnc3CN3CCCC3)CC2=O)c1. The van der Waals surface area contributed by atoms with Gasteiger partial charge in [-0.05, 0) is 48.5 Å². The summed E-state index contributed by atoms with van der Waals surface area (Å²) in [5.74, 6) is 1.10. The molecule has 10 heteroatoms. The number of hydrogen-bond donors (Lipinski definition) is 0. The Labute approximate surface area is 169 Å². The number of benzene rings is 1. The van der Waals surface area contributed by atoms with Crippen LogP contribution in [-0.4, -0.2) is 81.7 Å². The number of rotatable bonds is 6. The van der Waals surface area contributed by atoms with Crippen molar-refractivity contribution in [3.8, 4) is 5.75 Å². The molecule has 0 radical (unpaired) electrons. The van der Waals surface area contributed by atoms with Gasteiger partial charge in [0, 0.05) is 24.8 Å². The standard InChI is InChI=1S/C19H25N7O3/c1-29-16-6-4-5-15(11-16)25-10-9-24(13-19(25)28)18(27)14-26-17(20-21-22-26)12-23-7-2-3-8-23/h4-6,11H,2-3,7-10,12-14H2,1H3. The molecule has 2 aliphatic heterocycles. The van der Waals surface area contributed by atoms with Gasteiger partial charge < -0.3 is 14.5 Å². The Balaban J connectivity index is 1.36. The van der Waals surface area contributed by atoms with Gasteiger partial charge in [0.2, 0.25) is 11.8 Å². The molecule has 2 aliphatic rings. The number of nitrogens with zero attached hydrogens (tertiary/aromatic N) is 7. The molecule has 2 saturated heterocycles. The summed E-state index contributed by atoms with van der Waals surface area (Å²) in [5.41, 5.74) is 0.773. The van der Waals surface area contributed by atoms with Crippen LogP contribution >= 0.6 is 0 Å². The number of carbonyl (C=O) groups excluding carboxylic acids is 2. The Kier molecular flexibility index (Phi) is 5.70. The fraction of sp³-hybridized carbons (Fsp3) is 0.526. The molecular weight excluding hydrogens is 374 g/mol. The lowest BCUT2D eigenvalue weighted by Crippen LogP contribution is -2.53. The van der Waals surface area contributed by atoms with Crippen molar-refractivity contribution >= 4 is 17.5 Å². The number of carbonyl (C=O) groups is 2. The number of piperazine rings is 1. The second-order valence-electron chi connectivity index (χ2n) is 7.30. The van der Waals surface area contributed by atoms with Gasteiger partial charge in [-0.2, -0.15) is 0 Å². The highest BCUT2D eigenvalue weighted by Gasteiger charge is 2.29. The molecular formula is C19H25N7O3. The van der Waals surface area contributed by atoms with Crippen molar-refractivity contribution in [2.45, 2.75) is 25.9 Å². The molecule has 2 amide bonds. The van der Waals surface area contributed by atoms with E-state index < -0.39 is 0 Å². The summed E-state index contributed by atoms with van der Waals surface area (Å²) in [6.45, 7) is 3.69. The zero-order valence-electron chi connectivity index (χ0n) is 16.5. The van der Waals surface area contributed by atoms with Crippen LogP contribution in [0.5, 0.6) is 5.75 Å². The molecule has 154 valence electrons. The zero-order valence-corrected chi connectivity index (χ0v) is 16.5. The highest BCUT2D eigenvalue weighted by molar-refractivity contribution is 5.98. The van der Waals surface area contributed by atoms with Gasteiger partial charge in [0.25, 0.3) is 0 Å². The summed E-state index contributed by atoms with van der Waals surface area (Å²) < 4.78 is 6.77. The third-order valence-electron chi connectivity index (χ3n) is 5.39. The first-order chi connectivity index (χ1) is 14.1. The van der Waals surface area contributed by atoms with Crippen molar-refractivity contribution in [2.75, 3.05) is 44.7 Å². The van der Waals surface area contributed by atoms with E-state index in [1.54, 1.807) is 21.6 Å². The Morgan fingerprint density at radius 3 is 2.76 bits per heavy atom. The normalized spacial score (nSPS) is 17.8. The van der Waals surface area contributed by atoms with E-state index in [1.807, 2.05) is 24.3 Å². The first-order valence-corrected chi connectivity index (χ1v) is 9.83. The second kappa shape index (κ2) is 8.56. The smallest absolute Gasteiger partial charge is 0.246 e. The first-order valence-electron chi connectivity index (χ1n) is 9.83. The van der Waals surface area contributed by atoms with Crippen LogP contribution in [-0.2, 0) is 22.7 Å². The number of methoxy groups -OCH3 is 1. The van der Waals surface area contributed by atoms with Gasteiger partial charge in [-0.1, -0.05) is 6.07 Å². The molecule has 4 rings (SSSR count). The van der Waals surface area contributed by atoms with E-state index in [4.69, 9.17) is 4.74 Å². The minimum absolute atomic E-state index is 0.0413. The summed E-state index contributed by atoms with van der Waals surface area (Å²) in [7, 11) is 1.59. The van der Waals surface area contributed by atoms with E-state index in [0.717, 1.165) is 18.8 Å². The minimum atomic E-state index is -0.154. The van der Waals surface area contributed by atoms with E-state index in [1.165, 1.54) is 12.8 Å². The molecule has 0 spiro atoms. The van der Waals surface area contributed by atoms with Crippen molar-refractivity contribution in [1.82, 2.24) is 30.0 Å². The summed E-state index contributed by atoms with van der Waals surface area (Å²) >= 11 is 0. The summed E-state index contributed by atoms with van der Waals surface area (Å²) in [6, 6.07) is 7.36. The van der Waals surface area contributed by atoms with Crippen molar-refractivity contribution in [1.29, 1.82) is 0 Å². The third-order valence-corrected chi connectivity index (χ3v) is 5.39. The van der Waals surface area contributed by atoms with Crippen LogP contribution in [0.3, 0.4) is 0 Å². The largest absolute Gasteiger partial charge is 0.497 e. The monoisotopic (exact) mass is 399 g/mol. The molecule has 0 aliphatic carbocycles. The summed E-state index contributed by atoms with van der Waals surface area (Å²) in [4.78, 5) is 30.9. The average molecular weight is 399 g/mol. The maximum Gasteiger partial charge on any atom is 0.246 e. The maximum atomic E-state index is 12.7. The van der Waals surface area contributed by atoms with Gasteiger partial charge in [-0.15, -0.1) is 5.10 Å². The van der Waals surface area contributed by atoms with Gasteiger partial charge in [0.1, 0.15) is 18.8 Å². The fourth-order valence-electron chi connectivity index (χ4n) is 3.77. The lowest BCUT2D eigenvalue weighted by molar-refractivity contribution is -0.137. The Morgan fingerprint density at radius 2 is 2.00 bits per heavy atom. The van der Waals surface area contributed by atoms with Crippen LogP contribution in [0.15, 0.2) is 24.3 Å². The lowest BCUT2D eigenvalue weighted by Gasteiger charge is -2.34. The Morgan fingerprint density at radius 1 is 1.17 bits per heavy atom. The quantitative estimate of drug-likeness (QED) is 0.682. The average Bonchev–Trinajstić information content (AvgIpc) is 3.40. The van der Waals surface area contributed by atoms with Crippen LogP contribution in [0.4, 0.5) is 5.69 Å². The molecule has 0 N–H and O–H groups in total. The number of hydrogen-bond acceptors (Lipinski definition) is 7. The Hall–Kier alpha value is -3.01. The number of tetrazole rings is 1. The molecule has 2 fully saturated rings. The van der Waals surface area contributed by atoms with Crippen LogP contribution in [0, 0.1) is 0 Å². The number of amides is 2. The number of aromatic nitrogens is 4. The van der Waals surface area contributed by atoms with E-state index >= 15 is 0 Å². The van der Waals surface area contributed by atoms with Gasteiger partial charge in [-0.25, -0.2) is 4.68 Å². The number of anilines is 1. The predicted octanol–water partition coefficient (Wildman–Crippen LogP) is 0.153. The van der Waals surface area contributed by atoms with Gasteiger partial charge in [0.05, 0.1) is 13.7 Å². The topological polar surface area (TPSA) is 96.7 Å². The van der Waals surface area contributed by atoms with Crippen molar-refractivity contribution in [3.63, 3.8) is 0 Å². The summed E-state index contributed by atoms with van der Waals surface area (Å²) in [5, 5.41) is 11.8. The van der Waals surface area contributed by atoms with Crippen LogP contribution in [0.25, 0.3) is 0 Å². The first kappa shape index (κ1) is 19.3. The molecule has 0 unspecified atom stereocenters. The predicted molar refractivity (Wildman–Crippen MR) is 104 cm³/mol. The van der Waals surface area contributed by atoms with Crippen LogP contribution < -0.4 is 9.64 Å². The molecule has 3 heterocycles. The van der Waals surface area contributed by atoms with Gasteiger partial charge in [-0.3, -0.25) is 14.5 Å². The second-order valence-corrected chi connectivity index (χ2v) is 7.30. The number of ether oxygens (including phenoxy) is 1. The highest BCUT2D eigenvalue weighted by atomic mass is 16.5. The summed E-state index contributed by atoms with van der Waals surface area (Å²) in [6.07, 6.45) is 2.36. The van der Waals surface area contributed by atoms with Crippen LogP contribution in [0.1, 0.15) is 18.7 Å². The molecule has 0 saturated carbocycles. The molecule has 1 aromatic heterocycles. The Bertz CT molecular complexity index is 878. The molecule has 29 heavy (non-hydrogen) atoms. The lowest BCUT2D eigenvalue weighted by atomic mass is 10.2. The molecule has 0 bridgehead atoms. The van der Waals surface area contributed by atoms with E-state index in [9.17, 15) is 9.59 Å². The molecule has 10 nitrogen and oxygen atoms in total. The van der Waals surface area contributed by atoms with Crippen molar-refractivity contribution in [3.05, 3.63) is 30.1 Å². The zero-order chi connectivity index (χ0) is 20.2. The maximum absolute atomic E-state index is 12.7. The minimum Gasteiger partial charge on any atom is -0.497 e. The van der Waals surface area contributed by atoms with Gasteiger partial charge >= 0.3 is 0 Å².